The van der Waals surface area contributed by atoms with Crippen molar-refractivity contribution in [2.75, 3.05) is 29.2 Å². The Labute approximate surface area is 123 Å². The minimum atomic E-state index is -3.02. The smallest absolute Gasteiger partial charge is 0.340 e. The van der Waals surface area contributed by atoms with Crippen molar-refractivity contribution in [3.05, 3.63) is 17.8 Å². The van der Waals surface area contributed by atoms with Crippen LogP contribution in [0.4, 0.5) is 11.5 Å². The number of nitrogens with zero attached hydrogens (tertiary/aromatic N) is 1. The van der Waals surface area contributed by atoms with Crippen molar-refractivity contribution in [1.29, 1.82) is 0 Å². The molecule has 1 aromatic rings. The molecule has 0 amide bonds. The predicted octanol–water partition coefficient (Wildman–Crippen LogP) is 0.830. The van der Waals surface area contributed by atoms with Crippen LogP contribution in [-0.2, 0) is 14.6 Å². The van der Waals surface area contributed by atoms with E-state index in [9.17, 15) is 13.2 Å². The van der Waals surface area contributed by atoms with E-state index in [1.165, 1.54) is 12.3 Å². The molecular formula is C13H19N3O4S. The molecule has 0 radical (unpaired) electrons. The highest BCUT2D eigenvalue weighted by molar-refractivity contribution is 7.91. The number of nitrogen functional groups attached to an aromatic ring is 1. The van der Waals surface area contributed by atoms with Gasteiger partial charge in [-0.2, -0.15) is 0 Å². The summed E-state index contributed by atoms with van der Waals surface area (Å²) in [7, 11) is -3.02. The number of esters is 1. The lowest BCUT2D eigenvalue weighted by atomic mass is 10.0. The number of nitrogens with two attached hydrogens (primary N) is 1. The molecule has 1 aliphatic heterocycles. The summed E-state index contributed by atoms with van der Waals surface area (Å²) >= 11 is 0. The maximum Gasteiger partial charge on any atom is 0.340 e. The Balaban J connectivity index is 2.22. The van der Waals surface area contributed by atoms with Crippen LogP contribution in [0.15, 0.2) is 12.3 Å². The van der Waals surface area contributed by atoms with Crippen LogP contribution in [0, 0.1) is 0 Å². The summed E-state index contributed by atoms with van der Waals surface area (Å²) in [5, 5.41) is 3.08. The topological polar surface area (TPSA) is 111 Å². The van der Waals surface area contributed by atoms with E-state index in [1.807, 2.05) is 6.92 Å². The minimum absolute atomic E-state index is 0.0425. The normalized spacial score (nSPS) is 23.7. The van der Waals surface area contributed by atoms with Gasteiger partial charge >= 0.3 is 5.97 Å². The minimum Gasteiger partial charge on any atom is -0.462 e. The lowest BCUT2D eigenvalue weighted by molar-refractivity contribution is 0.0527. The van der Waals surface area contributed by atoms with Crippen molar-refractivity contribution < 1.29 is 17.9 Å². The van der Waals surface area contributed by atoms with Crippen molar-refractivity contribution in [2.45, 2.75) is 25.8 Å². The molecule has 0 bridgehead atoms. The van der Waals surface area contributed by atoms with Crippen LogP contribution in [0.25, 0.3) is 0 Å². The molecule has 1 aromatic heterocycles. The first-order valence-corrected chi connectivity index (χ1v) is 8.48. The Morgan fingerprint density at radius 2 is 2.29 bits per heavy atom. The number of hydrogen-bond donors (Lipinski definition) is 2. The van der Waals surface area contributed by atoms with E-state index in [2.05, 4.69) is 10.3 Å². The van der Waals surface area contributed by atoms with Gasteiger partial charge in [-0.1, -0.05) is 0 Å². The molecule has 0 aromatic carbocycles. The number of rotatable bonds is 4. The number of aromatic nitrogens is 1. The van der Waals surface area contributed by atoms with Gasteiger partial charge in [-0.25, -0.2) is 18.2 Å². The lowest BCUT2D eigenvalue weighted by Gasteiger charge is -2.24. The number of carbonyl (C=O) groups is 1. The van der Waals surface area contributed by atoms with E-state index in [0.717, 1.165) is 0 Å². The highest BCUT2D eigenvalue weighted by atomic mass is 32.2. The lowest BCUT2D eigenvalue weighted by Crippen LogP contribution is -2.36. The van der Waals surface area contributed by atoms with E-state index >= 15 is 0 Å². The van der Waals surface area contributed by atoms with E-state index in [4.69, 9.17) is 10.5 Å². The van der Waals surface area contributed by atoms with E-state index in [0.29, 0.717) is 12.2 Å². The van der Waals surface area contributed by atoms with Crippen molar-refractivity contribution in [3.8, 4) is 0 Å². The molecule has 1 atom stereocenters. The fourth-order valence-corrected chi connectivity index (χ4v) is 4.43. The maximum atomic E-state index is 11.8. The molecule has 1 fully saturated rings. The Morgan fingerprint density at radius 3 is 2.86 bits per heavy atom. The SMILES string of the molecule is CCOC(=O)c1cc(NC2(C)CCS(=O)(=O)C2)ncc1N. The molecule has 0 aliphatic carbocycles. The van der Waals surface area contributed by atoms with Crippen molar-refractivity contribution in [2.24, 2.45) is 0 Å². The first-order chi connectivity index (χ1) is 9.75. The number of nitrogens with one attached hydrogen (secondary N) is 1. The molecule has 1 saturated heterocycles. The van der Waals surface area contributed by atoms with Gasteiger partial charge in [0.2, 0.25) is 0 Å². The number of sulfone groups is 1. The number of pyridine rings is 1. The molecule has 116 valence electrons. The van der Waals surface area contributed by atoms with E-state index < -0.39 is 21.3 Å². The molecule has 1 aliphatic rings. The van der Waals surface area contributed by atoms with Crippen LogP contribution in [-0.4, -0.2) is 43.0 Å². The highest BCUT2D eigenvalue weighted by Gasteiger charge is 2.38. The van der Waals surface area contributed by atoms with E-state index in [-0.39, 0.29) is 29.4 Å². The van der Waals surface area contributed by atoms with Gasteiger partial charge in [0, 0.05) is 0 Å². The van der Waals surface area contributed by atoms with Gasteiger partial charge in [-0.15, -0.1) is 0 Å². The van der Waals surface area contributed by atoms with Gasteiger partial charge in [0.1, 0.15) is 5.82 Å². The summed E-state index contributed by atoms with van der Waals surface area (Å²) in [5.41, 5.74) is 5.57. The molecule has 3 N–H and O–H groups in total. The summed E-state index contributed by atoms with van der Waals surface area (Å²) in [6.07, 6.45) is 1.86. The number of ether oxygens (including phenoxy) is 1. The Morgan fingerprint density at radius 1 is 1.57 bits per heavy atom. The number of anilines is 2. The molecular weight excluding hydrogens is 294 g/mol. The average Bonchev–Trinajstić information content (AvgIpc) is 2.66. The van der Waals surface area contributed by atoms with Gasteiger partial charge in [-0.3, -0.25) is 0 Å². The van der Waals surface area contributed by atoms with Crippen molar-refractivity contribution >= 4 is 27.3 Å². The Hall–Kier alpha value is -1.83. The van der Waals surface area contributed by atoms with Gasteiger partial charge in [0.05, 0.1) is 41.1 Å². The molecule has 21 heavy (non-hydrogen) atoms. The number of hydrogen-bond acceptors (Lipinski definition) is 7. The third-order valence-corrected chi connectivity index (χ3v) is 5.27. The number of carbonyl (C=O) groups excluding carboxylic acids is 1. The van der Waals surface area contributed by atoms with Gasteiger partial charge < -0.3 is 15.8 Å². The molecule has 2 rings (SSSR count). The second-order valence-corrected chi connectivity index (χ2v) is 7.59. The van der Waals surface area contributed by atoms with Gasteiger partial charge in [0.15, 0.2) is 9.84 Å². The fraction of sp³-hybridized carbons (Fsp3) is 0.538. The average molecular weight is 313 g/mol. The summed E-state index contributed by atoms with van der Waals surface area (Å²) in [4.78, 5) is 15.9. The second kappa shape index (κ2) is 5.51. The molecule has 1 unspecified atom stereocenters. The quantitative estimate of drug-likeness (QED) is 0.792. The summed E-state index contributed by atoms with van der Waals surface area (Å²) in [6.45, 7) is 3.78. The summed E-state index contributed by atoms with van der Waals surface area (Å²) in [6, 6.07) is 1.49. The second-order valence-electron chi connectivity index (χ2n) is 5.40. The molecule has 8 heteroatoms. The van der Waals surface area contributed by atoms with Crippen LogP contribution >= 0.6 is 0 Å². The zero-order valence-corrected chi connectivity index (χ0v) is 12.9. The molecule has 7 nitrogen and oxygen atoms in total. The van der Waals surface area contributed by atoms with Crippen molar-refractivity contribution in [1.82, 2.24) is 4.98 Å². The van der Waals surface area contributed by atoms with Crippen LogP contribution in [0.1, 0.15) is 30.6 Å². The first kappa shape index (κ1) is 15.6. The van der Waals surface area contributed by atoms with Crippen LogP contribution in [0.5, 0.6) is 0 Å². The first-order valence-electron chi connectivity index (χ1n) is 6.66. The van der Waals surface area contributed by atoms with Gasteiger partial charge in [-0.05, 0) is 26.3 Å². The molecule has 2 heterocycles. The zero-order chi connectivity index (χ0) is 15.7. The summed E-state index contributed by atoms with van der Waals surface area (Å²) in [5.74, 6) is 0.0771. The largest absolute Gasteiger partial charge is 0.462 e. The Bertz CT molecular complexity index is 659. The fourth-order valence-electron chi connectivity index (χ4n) is 2.34. The van der Waals surface area contributed by atoms with Crippen LogP contribution < -0.4 is 11.1 Å². The Kier molecular flexibility index (Phi) is 4.08. The third-order valence-electron chi connectivity index (χ3n) is 3.36. The van der Waals surface area contributed by atoms with Gasteiger partial charge in [0.25, 0.3) is 0 Å². The standard InChI is InChI=1S/C13H19N3O4S/c1-3-20-12(17)9-6-11(15-7-10(9)14)16-13(2)4-5-21(18,19)8-13/h6-7H,3-5,8,14H2,1-2H3,(H,15,16). The van der Waals surface area contributed by atoms with E-state index in [1.54, 1.807) is 6.92 Å². The summed E-state index contributed by atoms with van der Waals surface area (Å²) < 4.78 is 28.1. The highest BCUT2D eigenvalue weighted by Crippen LogP contribution is 2.27. The van der Waals surface area contributed by atoms with Crippen LogP contribution in [0.3, 0.4) is 0 Å². The third kappa shape index (κ3) is 3.63. The predicted molar refractivity (Wildman–Crippen MR) is 79.9 cm³/mol. The molecule has 0 saturated carbocycles. The zero-order valence-electron chi connectivity index (χ0n) is 12.0. The monoisotopic (exact) mass is 313 g/mol. The maximum absolute atomic E-state index is 11.8. The molecule has 0 spiro atoms. The van der Waals surface area contributed by atoms with Crippen molar-refractivity contribution in [3.63, 3.8) is 0 Å². The van der Waals surface area contributed by atoms with Crippen LogP contribution in [0.2, 0.25) is 0 Å².